The molecule has 0 aromatic rings. The topological polar surface area (TPSA) is 71.4 Å². The Kier molecular flexibility index (Phi) is 2.66. The molecule has 4 nitrogen and oxygen atoms in total. The highest BCUT2D eigenvalue weighted by Crippen LogP contribution is 2.40. The molecule has 0 aliphatic carbocycles. The van der Waals surface area contributed by atoms with E-state index >= 15 is 0 Å². The number of halogens is 1. The first kappa shape index (κ1) is 10.9. The van der Waals surface area contributed by atoms with Crippen LogP contribution in [0.1, 0.15) is 6.92 Å². The van der Waals surface area contributed by atoms with Gasteiger partial charge in [0, 0.05) is 10.7 Å². The van der Waals surface area contributed by atoms with Crippen LogP contribution in [0.5, 0.6) is 0 Å². The normalized spacial score (nSPS) is 33.5. The Morgan fingerprint density at radius 1 is 1.69 bits per heavy atom. The van der Waals surface area contributed by atoms with E-state index in [0.717, 1.165) is 11.8 Å². The molecule has 0 aromatic heterocycles. The van der Waals surface area contributed by atoms with Gasteiger partial charge in [-0.25, -0.2) is 8.42 Å². The summed E-state index contributed by atoms with van der Waals surface area (Å²) in [7, 11) is 1.25. The van der Waals surface area contributed by atoms with Gasteiger partial charge < -0.3 is 5.11 Å². The Hall–Kier alpha value is -0.200. The number of rotatable bonds is 2. The third-order valence-corrected chi connectivity index (χ3v) is 5.71. The van der Waals surface area contributed by atoms with Crippen LogP contribution >= 0.6 is 22.4 Å². The summed E-state index contributed by atoms with van der Waals surface area (Å²) in [6.45, 7) is 1.30. The maximum absolute atomic E-state index is 11.1. The van der Waals surface area contributed by atoms with Gasteiger partial charge in [-0.3, -0.25) is 4.79 Å². The Bertz CT molecular complexity index is 361. The third kappa shape index (κ3) is 1.70. The standard InChI is InChI=1S/C6H7ClO4S2/c1-6(13(7,10)11)2-3-12-4(6)5(8)9/h2-4H,1H3,(H,8,9). The second kappa shape index (κ2) is 3.18. The average molecular weight is 243 g/mol. The van der Waals surface area contributed by atoms with Crippen molar-refractivity contribution in [3.63, 3.8) is 0 Å². The van der Waals surface area contributed by atoms with Crippen LogP contribution in [0.25, 0.3) is 0 Å². The van der Waals surface area contributed by atoms with E-state index in [1.165, 1.54) is 18.4 Å². The van der Waals surface area contributed by atoms with Crippen LogP contribution in [0, 0.1) is 0 Å². The van der Waals surface area contributed by atoms with E-state index in [9.17, 15) is 13.2 Å². The molecule has 0 aromatic carbocycles. The van der Waals surface area contributed by atoms with Crippen molar-refractivity contribution in [3.8, 4) is 0 Å². The summed E-state index contributed by atoms with van der Waals surface area (Å²) in [5, 5.41) is 9.11. The molecule has 74 valence electrons. The minimum atomic E-state index is -3.91. The summed E-state index contributed by atoms with van der Waals surface area (Å²) in [6.07, 6.45) is 1.30. The van der Waals surface area contributed by atoms with E-state index in [1.807, 2.05) is 0 Å². The molecule has 2 atom stereocenters. The maximum atomic E-state index is 11.1. The van der Waals surface area contributed by atoms with Crippen molar-refractivity contribution in [2.45, 2.75) is 16.9 Å². The Morgan fingerprint density at radius 3 is 2.54 bits per heavy atom. The lowest BCUT2D eigenvalue weighted by Gasteiger charge is -2.22. The monoisotopic (exact) mass is 242 g/mol. The molecule has 2 unspecified atom stereocenters. The fourth-order valence-electron chi connectivity index (χ4n) is 0.988. The third-order valence-electron chi connectivity index (χ3n) is 1.88. The van der Waals surface area contributed by atoms with Crippen molar-refractivity contribution in [2.75, 3.05) is 0 Å². The number of thioether (sulfide) groups is 1. The van der Waals surface area contributed by atoms with E-state index in [0.29, 0.717) is 0 Å². The van der Waals surface area contributed by atoms with Gasteiger partial charge in [0.05, 0.1) is 0 Å². The summed E-state index contributed by atoms with van der Waals surface area (Å²) in [5.74, 6) is -1.18. The van der Waals surface area contributed by atoms with Gasteiger partial charge in [-0.1, -0.05) is 6.08 Å². The summed E-state index contributed by atoms with van der Waals surface area (Å²) in [6, 6.07) is 0. The van der Waals surface area contributed by atoms with Crippen molar-refractivity contribution >= 4 is 37.5 Å². The minimum absolute atomic E-state index is 0.941. The van der Waals surface area contributed by atoms with Gasteiger partial charge in [0.15, 0.2) is 0 Å². The molecule has 0 amide bonds. The van der Waals surface area contributed by atoms with Crippen molar-refractivity contribution in [3.05, 3.63) is 11.5 Å². The van der Waals surface area contributed by atoms with E-state index in [1.54, 1.807) is 0 Å². The zero-order valence-electron chi connectivity index (χ0n) is 6.60. The van der Waals surface area contributed by atoms with Gasteiger partial charge in [-0.2, -0.15) is 0 Å². The van der Waals surface area contributed by atoms with E-state index in [4.69, 9.17) is 15.8 Å². The summed E-state index contributed by atoms with van der Waals surface area (Å²) in [5.41, 5.74) is 0. The Balaban J connectivity index is 3.16. The molecular weight excluding hydrogens is 236 g/mol. The molecule has 0 fully saturated rings. The number of hydrogen-bond acceptors (Lipinski definition) is 4. The lowest BCUT2D eigenvalue weighted by atomic mass is 10.1. The SMILES string of the molecule is CC1(S(=O)(=O)Cl)C=CSC1C(=O)O. The molecule has 0 radical (unpaired) electrons. The smallest absolute Gasteiger partial charge is 0.318 e. The van der Waals surface area contributed by atoms with Crippen LogP contribution in [0.2, 0.25) is 0 Å². The predicted molar refractivity (Wildman–Crippen MR) is 51.3 cm³/mol. The van der Waals surface area contributed by atoms with E-state index < -0.39 is 25.0 Å². The van der Waals surface area contributed by atoms with Gasteiger partial charge in [-0.15, -0.1) is 11.8 Å². The molecular formula is C6H7ClO4S2. The second-order valence-corrected chi connectivity index (χ2v) is 6.77. The van der Waals surface area contributed by atoms with Gasteiger partial charge >= 0.3 is 5.97 Å². The molecule has 0 bridgehead atoms. The second-order valence-electron chi connectivity index (χ2n) is 2.78. The molecule has 1 N–H and O–H groups in total. The molecule has 13 heavy (non-hydrogen) atoms. The first-order valence-corrected chi connectivity index (χ1v) is 6.54. The number of carboxylic acid groups (broad SMARTS) is 1. The fraction of sp³-hybridized carbons (Fsp3) is 0.500. The maximum Gasteiger partial charge on any atom is 0.318 e. The summed E-state index contributed by atoms with van der Waals surface area (Å²) < 4.78 is 20.7. The zero-order chi connectivity index (χ0) is 10.3. The van der Waals surface area contributed by atoms with Crippen molar-refractivity contribution < 1.29 is 18.3 Å². The first-order valence-electron chi connectivity index (χ1n) is 3.29. The lowest BCUT2D eigenvalue weighted by Crippen LogP contribution is -2.42. The average Bonchev–Trinajstić information content (AvgIpc) is 2.30. The summed E-state index contributed by atoms with van der Waals surface area (Å²) >= 11 is 0.941. The molecule has 0 spiro atoms. The van der Waals surface area contributed by atoms with Gasteiger partial charge in [0.1, 0.15) is 10.00 Å². The molecule has 1 rings (SSSR count). The summed E-state index contributed by atoms with van der Waals surface area (Å²) in [4.78, 5) is 10.7. The lowest BCUT2D eigenvalue weighted by molar-refractivity contribution is -0.136. The number of hydrogen-bond donors (Lipinski definition) is 1. The zero-order valence-corrected chi connectivity index (χ0v) is 8.99. The quantitative estimate of drug-likeness (QED) is 0.733. The van der Waals surface area contributed by atoms with Crippen LogP contribution in [0.4, 0.5) is 0 Å². The van der Waals surface area contributed by atoms with Crippen molar-refractivity contribution in [2.24, 2.45) is 0 Å². The number of carboxylic acids is 1. The predicted octanol–water partition coefficient (Wildman–Crippen LogP) is 1.03. The molecule has 1 heterocycles. The number of aliphatic carboxylic acids is 1. The van der Waals surface area contributed by atoms with Gasteiger partial charge in [-0.05, 0) is 12.3 Å². The van der Waals surface area contributed by atoms with Crippen LogP contribution in [0.15, 0.2) is 11.5 Å². The molecule has 0 saturated heterocycles. The first-order chi connectivity index (χ1) is 5.79. The number of carbonyl (C=O) groups is 1. The Morgan fingerprint density at radius 2 is 2.23 bits per heavy atom. The van der Waals surface area contributed by atoms with E-state index in [2.05, 4.69) is 0 Å². The highest BCUT2D eigenvalue weighted by atomic mass is 35.7. The van der Waals surface area contributed by atoms with Gasteiger partial charge in [0.2, 0.25) is 9.05 Å². The van der Waals surface area contributed by atoms with Crippen molar-refractivity contribution in [1.29, 1.82) is 0 Å². The van der Waals surface area contributed by atoms with E-state index in [-0.39, 0.29) is 0 Å². The van der Waals surface area contributed by atoms with Crippen LogP contribution in [0.3, 0.4) is 0 Å². The largest absolute Gasteiger partial charge is 0.480 e. The minimum Gasteiger partial charge on any atom is -0.480 e. The van der Waals surface area contributed by atoms with Crippen LogP contribution in [-0.4, -0.2) is 29.5 Å². The molecule has 0 saturated carbocycles. The highest BCUT2D eigenvalue weighted by molar-refractivity contribution is 8.16. The van der Waals surface area contributed by atoms with Crippen molar-refractivity contribution in [1.82, 2.24) is 0 Å². The molecule has 1 aliphatic rings. The Labute approximate surface area is 84.4 Å². The molecule has 1 aliphatic heterocycles. The van der Waals surface area contributed by atoms with Gasteiger partial charge in [0.25, 0.3) is 0 Å². The van der Waals surface area contributed by atoms with Crippen LogP contribution in [-0.2, 0) is 13.8 Å². The highest BCUT2D eigenvalue weighted by Gasteiger charge is 2.50. The fourth-order valence-corrected chi connectivity index (χ4v) is 3.77. The van der Waals surface area contributed by atoms with Crippen LogP contribution < -0.4 is 0 Å². The molecule has 7 heteroatoms.